The maximum absolute atomic E-state index is 3.93. The predicted molar refractivity (Wildman–Crippen MR) is 212 cm³/mol. The van der Waals surface area contributed by atoms with Crippen LogP contribution in [-0.2, 0) is 5.41 Å². The van der Waals surface area contributed by atoms with Gasteiger partial charge in [0.15, 0.2) is 0 Å². The van der Waals surface area contributed by atoms with E-state index in [-0.39, 0.29) is 5.41 Å². The van der Waals surface area contributed by atoms with Gasteiger partial charge < -0.3 is 9.80 Å². The molecule has 0 unspecified atom stereocenters. The minimum Gasteiger partial charge on any atom is -0.315 e. The molecule has 0 atom stereocenters. The van der Waals surface area contributed by atoms with Crippen molar-refractivity contribution in [2.24, 2.45) is 0 Å². The maximum atomic E-state index is 3.93. The predicted octanol–water partition coefficient (Wildman–Crippen LogP) is 13.5. The summed E-state index contributed by atoms with van der Waals surface area (Å²) in [7, 11) is 0. The molecule has 0 bridgehead atoms. The first-order chi connectivity index (χ1) is 23.8. The lowest BCUT2D eigenvalue weighted by molar-refractivity contribution is 0.346. The molecule has 0 saturated heterocycles. The molecule has 2 nitrogen and oxygen atoms in total. The van der Waals surface area contributed by atoms with E-state index in [2.05, 4.69) is 184 Å². The van der Waals surface area contributed by atoms with Gasteiger partial charge in [-0.1, -0.05) is 121 Å². The highest BCUT2D eigenvalue weighted by atomic mass is 15.1. The van der Waals surface area contributed by atoms with E-state index in [0.717, 1.165) is 29.8 Å². The number of benzene rings is 5. The summed E-state index contributed by atoms with van der Waals surface area (Å²) in [6, 6.07) is 45.3. The van der Waals surface area contributed by atoms with Crippen molar-refractivity contribution in [1.82, 2.24) is 0 Å². The molecule has 1 aliphatic carbocycles. The lowest BCUT2D eigenvalue weighted by atomic mass is 9.65. The third-order valence-corrected chi connectivity index (χ3v) is 10.2. The van der Waals surface area contributed by atoms with Crippen LogP contribution in [0.15, 0.2) is 157 Å². The van der Waals surface area contributed by atoms with E-state index in [0.29, 0.717) is 0 Å². The molecular formula is C47H50N2. The summed E-state index contributed by atoms with van der Waals surface area (Å²) in [5.74, 6) is 0. The Kier molecular flexibility index (Phi) is 10.3. The quantitative estimate of drug-likeness (QED) is 0.140. The smallest absolute Gasteiger partial charge is 0.0461 e. The lowest BCUT2D eigenvalue weighted by Gasteiger charge is -2.39. The summed E-state index contributed by atoms with van der Waals surface area (Å²) < 4.78 is 0. The number of hydrogen-bond acceptors (Lipinski definition) is 2. The number of anilines is 5. The molecule has 0 amide bonds. The fourth-order valence-corrected chi connectivity index (χ4v) is 7.24. The zero-order chi connectivity index (χ0) is 34.4. The van der Waals surface area contributed by atoms with E-state index in [9.17, 15) is 0 Å². The molecule has 0 N–H and O–H groups in total. The van der Waals surface area contributed by atoms with Gasteiger partial charge in [-0.05, 0) is 125 Å². The van der Waals surface area contributed by atoms with E-state index >= 15 is 0 Å². The summed E-state index contributed by atoms with van der Waals surface area (Å²) in [5, 5.41) is 0. The molecule has 5 aromatic rings. The Bertz CT molecular complexity index is 1860. The van der Waals surface area contributed by atoms with Gasteiger partial charge in [0.25, 0.3) is 0 Å². The van der Waals surface area contributed by atoms with Gasteiger partial charge in [0.05, 0.1) is 0 Å². The average Bonchev–Trinajstić information content (AvgIpc) is 3.14. The van der Waals surface area contributed by atoms with Crippen molar-refractivity contribution in [2.75, 3.05) is 9.80 Å². The molecule has 0 radical (unpaired) electrons. The minimum absolute atomic E-state index is 0.00274. The van der Waals surface area contributed by atoms with Gasteiger partial charge in [-0.2, -0.15) is 0 Å². The van der Waals surface area contributed by atoms with E-state index in [4.69, 9.17) is 0 Å². The van der Waals surface area contributed by atoms with E-state index in [1.165, 1.54) is 69.8 Å². The Morgan fingerprint density at radius 3 is 1.29 bits per heavy atom. The number of aryl methyl sites for hydroxylation is 3. The van der Waals surface area contributed by atoms with Gasteiger partial charge in [-0.25, -0.2) is 0 Å². The second-order valence-corrected chi connectivity index (χ2v) is 13.8. The van der Waals surface area contributed by atoms with E-state index in [1.54, 1.807) is 0 Å². The van der Waals surface area contributed by atoms with Crippen molar-refractivity contribution in [3.63, 3.8) is 0 Å². The van der Waals surface area contributed by atoms with Crippen molar-refractivity contribution in [3.8, 4) is 0 Å². The summed E-state index contributed by atoms with van der Waals surface area (Å²) in [6.07, 6.45) is 12.3. The van der Waals surface area contributed by atoms with E-state index in [1.807, 2.05) is 6.08 Å². The molecule has 2 heteroatoms. The number of hydrogen-bond donors (Lipinski definition) is 0. The lowest BCUT2D eigenvalue weighted by Crippen LogP contribution is -2.30. The fourth-order valence-electron chi connectivity index (χ4n) is 7.24. The van der Waals surface area contributed by atoms with Crippen LogP contribution in [0.5, 0.6) is 0 Å². The topological polar surface area (TPSA) is 6.48 Å². The average molecular weight is 643 g/mol. The second kappa shape index (κ2) is 15.0. The highest BCUT2D eigenvalue weighted by Gasteiger charge is 2.36. The molecule has 6 rings (SSSR count). The first kappa shape index (κ1) is 33.8. The van der Waals surface area contributed by atoms with Crippen LogP contribution >= 0.6 is 0 Å². The van der Waals surface area contributed by atoms with Gasteiger partial charge in [0.1, 0.15) is 0 Å². The Balaban J connectivity index is 1.37. The zero-order valence-electron chi connectivity index (χ0n) is 29.9. The molecule has 1 aliphatic rings. The van der Waals surface area contributed by atoms with Crippen LogP contribution in [0.2, 0.25) is 0 Å². The summed E-state index contributed by atoms with van der Waals surface area (Å²) >= 11 is 0. The Morgan fingerprint density at radius 1 is 0.510 bits per heavy atom. The third-order valence-electron chi connectivity index (χ3n) is 10.2. The van der Waals surface area contributed by atoms with Crippen LogP contribution in [0, 0.1) is 20.8 Å². The van der Waals surface area contributed by atoms with Crippen molar-refractivity contribution in [3.05, 3.63) is 185 Å². The second-order valence-electron chi connectivity index (χ2n) is 13.8. The first-order valence-electron chi connectivity index (χ1n) is 17.8. The molecule has 0 aliphatic heterocycles. The molecule has 0 spiro atoms. The first-order valence-corrected chi connectivity index (χ1v) is 17.8. The molecule has 0 heterocycles. The molecule has 1 saturated carbocycles. The molecule has 248 valence electrons. The monoisotopic (exact) mass is 642 g/mol. The summed E-state index contributed by atoms with van der Waals surface area (Å²) in [5.41, 5.74) is 14.7. The molecule has 1 fully saturated rings. The molecule has 0 aromatic heterocycles. The Hall–Kier alpha value is -5.08. The van der Waals surface area contributed by atoms with Crippen LogP contribution in [0.1, 0.15) is 73.8 Å². The Labute approximate surface area is 294 Å². The van der Waals surface area contributed by atoms with Crippen LogP contribution in [0.4, 0.5) is 28.4 Å². The highest BCUT2D eigenvalue weighted by Crippen LogP contribution is 2.47. The van der Waals surface area contributed by atoms with Crippen molar-refractivity contribution >= 4 is 28.4 Å². The molecular weight excluding hydrogens is 593 g/mol. The molecule has 5 aromatic carbocycles. The molecule has 49 heavy (non-hydrogen) atoms. The van der Waals surface area contributed by atoms with Gasteiger partial charge in [0.2, 0.25) is 0 Å². The van der Waals surface area contributed by atoms with Crippen molar-refractivity contribution < 1.29 is 0 Å². The van der Waals surface area contributed by atoms with Crippen LogP contribution < -0.4 is 9.80 Å². The Morgan fingerprint density at radius 2 is 0.878 bits per heavy atom. The van der Waals surface area contributed by atoms with Crippen LogP contribution in [-0.4, -0.2) is 0 Å². The number of nitrogens with zero attached hydrogens (tertiary/aromatic N) is 2. The number of allylic oxidation sites excluding steroid dienone is 5. The van der Waals surface area contributed by atoms with E-state index < -0.39 is 0 Å². The zero-order valence-corrected chi connectivity index (χ0v) is 29.9. The third kappa shape index (κ3) is 7.50. The van der Waals surface area contributed by atoms with Gasteiger partial charge in [-0.15, -0.1) is 0 Å². The largest absolute Gasteiger partial charge is 0.315 e. The van der Waals surface area contributed by atoms with Gasteiger partial charge in [-0.3, -0.25) is 0 Å². The van der Waals surface area contributed by atoms with Crippen molar-refractivity contribution in [2.45, 2.75) is 72.1 Å². The standard InChI is InChI=1S/C47H50N2/c1-7-35(2)11-18-39(6)48(42-23-12-36(3)13-24-42)43-29-19-40(20-30-43)47(33-9-8-10-34-47)41-21-31-46(32-22-41)49(44-25-14-37(4)15-26-44)45-27-16-38(5)17-28-45/h7,11-32H,1,8-10,33-34H2,2-6H3/b35-11-,39-18+. The summed E-state index contributed by atoms with van der Waals surface area (Å²) in [4.78, 5) is 4.72. The minimum atomic E-state index is -0.00274. The maximum Gasteiger partial charge on any atom is 0.0461 e. The van der Waals surface area contributed by atoms with Gasteiger partial charge >= 0.3 is 0 Å². The van der Waals surface area contributed by atoms with Crippen molar-refractivity contribution in [1.29, 1.82) is 0 Å². The number of rotatable bonds is 10. The normalized spacial score (nSPS) is 14.7. The van der Waals surface area contributed by atoms with Crippen LogP contribution in [0.3, 0.4) is 0 Å². The fraction of sp³-hybridized carbons (Fsp3) is 0.234. The SMILES string of the molecule is C=C/C(C)=C\C=C(/C)N(c1ccc(C)cc1)c1ccc(C2(c3ccc(N(c4ccc(C)cc4)c4ccc(C)cc4)cc3)CCCCC2)cc1. The summed E-state index contributed by atoms with van der Waals surface area (Å²) in [6.45, 7) is 14.6. The van der Waals surface area contributed by atoms with Gasteiger partial charge in [0, 0.05) is 39.5 Å². The highest BCUT2D eigenvalue weighted by molar-refractivity contribution is 5.77. The van der Waals surface area contributed by atoms with Crippen LogP contribution in [0.25, 0.3) is 0 Å².